The molecule has 6 atom stereocenters. The SMILES string of the molecule is CC(C1CC2CCC1C2)N1C2CCCC1CC(=O)C2. The van der Waals surface area contributed by atoms with Gasteiger partial charge in [0.05, 0.1) is 0 Å². The van der Waals surface area contributed by atoms with Crippen molar-refractivity contribution in [1.29, 1.82) is 0 Å². The van der Waals surface area contributed by atoms with Gasteiger partial charge in [0.25, 0.3) is 0 Å². The van der Waals surface area contributed by atoms with E-state index in [1.165, 1.54) is 44.9 Å². The van der Waals surface area contributed by atoms with Gasteiger partial charge in [-0.25, -0.2) is 0 Å². The molecule has 2 aliphatic carbocycles. The molecule has 106 valence electrons. The molecule has 4 fully saturated rings. The Bertz CT molecular complexity index is 363. The van der Waals surface area contributed by atoms with Crippen LogP contribution < -0.4 is 0 Å². The molecule has 2 aliphatic heterocycles. The van der Waals surface area contributed by atoms with Crippen molar-refractivity contribution in [1.82, 2.24) is 4.90 Å². The molecular formula is C17H27NO. The number of nitrogens with zero attached hydrogens (tertiary/aromatic N) is 1. The van der Waals surface area contributed by atoms with E-state index >= 15 is 0 Å². The molecule has 19 heavy (non-hydrogen) atoms. The summed E-state index contributed by atoms with van der Waals surface area (Å²) in [5.74, 6) is 3.53. The zero-order valence-electron chi connectivity index (χ0n) is 12.2. The van der Waals surface area contributed by atoms with Gasteiger partial charge < -0.3 is 0 Å². The van der Waals surface area contributed by atoms with Crippen LogP contribution >= 0.6 is 0 Å². The van der Waals surface area contributed by atoms with E-state index in [0.29, 0.717) is 17.9 Å². The van der Waals surface area contributed by atoms with Gasteiger partial charge in [-0.2, -0.15) is 0 Å². The number of carbonyl (C=O) groups is 1. The zero-order valence-corrected chi connectivity index (χ0v) is 12.2. The average Bonchev–Trinajstić information content (AvgIpc) is 2.99. The van der Waals surface area contributed by atoms with E-state index in [1.54, 1.807) is 0 Å². The summed E-state index contributed by atoms with van der Waals surface area (Å²) >= 11 is 0. The maximum Gasteiger partial charge on any atom is 0.136 e. The van der Waals surface area contributed by atoms with Gasteiger partial charge in [-0.3, -0.25) is 9.69 Å². The summed E-state index contributed by atoms with van der Waals surface area (Å²) in [4.78, 5) is 14.7. The molecule has 2 heteroatoms. The zero-order chi connectivity index (χ0) is 13.0. The van der Waals surface area contributed by atoms with Crippen molar-refractivity contribution in [2.45, 2.75) is 82.8 Å². The first kappa shape index (κ1) is 12.4. The molecule has 0 aromatic carbocycles. The highest BCUT2D eigenvalue weighted by atomic mass is 16.1. The Balaban J connectivity index is 1.53. The van der Waals surface area contributed by atoms with Crippen LogP contribution in [0.15, 0.2) is 0 Å². The van der Waals surface area contributed by atoms with Crippen molar-refractivity contribution in [3.8, 4) is 0 Å². The van der Waals surface area contributed by atoms with Crippen LogP contribution in [-0.4, -0.2) is 28.8 Å². The Morgan fingerprint density at radius 3 is 2.37 bits per heavy atom. The standard InChI is InChI=1S/C17H27NO/c1-11(17-8-12-5-6-13(17)7-12)18-14-3-2-4-15(18)10-16(19)9-14/h11-15,17H,2-10H2,1H3. The summed E-state index contributed by atoms with van der Waals surface area (Å²) in [7, 11) is 0. The Morgan fingerprint density at radius 1 is 1.05 bits per heavy atom. The average molecular weight is 261 g/mol. The van der Waals surface area contributed by atoms with Crippen LogP contribution in [0.25, 0.3) is 0 Å². The second-order valence-electron chi connectivity index (χ2n) is 7.71. The van der Waals surface area contributed by atoms with Crippen molar-refractivity contribution < 1.29 is 4.79 Å². The van der Waals surface area contributed by atoms with Crippen LogP contribution in [-0.2, 0) is 4.79 Å². The number of rotatable bonds is 2. The molecule has 2 saturated heterocycles. The van der Waals surface area contributed by atoms with E-state index < -0.39 is 0 Å². The number of piperidine rings is 2. The number of hydrogen-bond donors (Lipinski definition) is 0. The fourth-order valence-corrected chi connectivity index (χ4v) is 5.98. The Kier molecular flexibility index (Phi) is 2.98. The van der Waals surface area contributed by atoms with E-state index in [2.05, 4.69) is 11.8 Å². The Labute approximate surface area is 116 Å². The third kappa shape index (κ3) is 1.98. The smallest absolute Gasteiger partial charge is 0.136 e. The summed E-state index contributed by atoms with van der Waals surface area (Å²) < 4.78 is 0. The predicted molar refractivity (Wildman–Crippen MR) is 75.9 cm³/mol. The van der Waals surface area contributed by atoms with Crippen LogP contribution in [0.2, 0.25) is 0 Å². The molecule has 2 nitrogen and oxygen atoms in total. The maximum atomic E-state index is 11.9. The monoisotopic (exact) mass is 261 g/mol. The minimum atomic E-state index is 0.533. The van der Waals surface area contributed by atoms with Gasteiger partial charge in [0.1, 0.15) is 5.78 Å². The highest BCUT2D eigenvalue weighted by Crippen LogP contribution is 2.51. The summed E-state index contributed by atoms with van der Waals surface area (Å²) in [6, 6.07) is 1.92. The lowest BCUT2D eigenvalue weighted by atomic mass is 9.77. The van der Waals surface area contributed by atoms with Crippen LogP contribution in [0, 0.1) is 17.8 Å². The van der Waals surface area contributed by atoms with Crippen LogP contribution in [0.3, 0.4) is 0 Å². The van der Waals surface area contributed by atoms with Gasteiger partial charge in [0.2, 0.25) is 0 Å². The van der Waals surface area contributed by atoms with Gasteiger partial charge in [-0.05, 0) is 56.8 Å². The van der Waals surface area contributed by atoms with E-state index in [-0.39, 0.29) is 0 Å². The molecule has 0 aromatic rings. The molecule has 0 N–H and O–H groups in total. The lowest BCUT2D eigenvalue weighted by molar-refractivity contribution is -0.129. The molecule has 4 rings (SSSR count). The molecule has 6 unspecified atom stereocenters. The largest absolute Gasteiger partial charge is 0.300 e. The van der Waals surface area contributed by atoms with Crippen LogP contribution in [0.1, 0.15) is 64.7 Å². The number of fused-ring (bicyclic) bond motifs is 4. The van der Waals surface area contributed by atoms with Gasteiger partial charge in [-0.1, -0.05) is 12.8 Å². The second-order valence-corrected chi connectivity index (χ2v) is 7.71. The molecule has 0 spiro atoms. The molecule has 4 aliphatic rings. The molecule has 0 radical (unpaired) electrons. The maximum absolute atomic E-state index is 11.9. The summed E-state index contributed by atoms with van der Waals surface area (Å²) in [5, 5.41) is 0. The van der Waals surface area contributed by atoms with Gasteiger partial charge in [-0.15, -0.1) is 0 Å². The van der Waals surface area contributed by atoms with E-state index in [0.717, 1.165) is 36.6 Å². The number of hydrogen-bond acceptors (Lipinski definition) is 2. The third-order valence-electron chi connectivity index (χ3n) is 6.73. The minimum absolute atomic E-state index is 0.533. The molecule has 0 amide bonds. The molecule has 0 aromatic heterocycles. The molecule has 4 bridgehead atoms. The fraction of sp³-hybridized carbons (Fsp3) is 0.941. The van der Waals surface area contributed by atoms with Crippen molar-refractivity contribution in [2.24, 2.45) is 17.8 Å². The van der Waals surface area contributed by atoms with Crippen molar-refractivity contribution in [2.75, 3.05) is 0 Å². The predicted octanol–water partition coefficient (Wildman–Crippen LogP) is 3.40. The fourth-order valence-electron chi connectivity index (χ4n) is 5.98. The summed E-state index contributed by atoms with van der Waals surface area (Å²) in [5.41, 5.74) is 0. The van der Waals surface area contributed by atoms with E-state index in [1.807, 2.05) is 0 Å². The molecule has 2 saturated carbocycles. The molecular weight excluding hydrogens is 234 g/mol. The number of Topliss-reactive ketones (excluding diaryl/α,β-unsaturated/α-hetero) is 1. The van der Waals surface area contributed by atoms with Crippen molar-refractivity contribution in [3.63, 3.8) is 0 Å². The lowest BCUT2D eigenvalue weighted by Crippen LogP contribution is -2.58. The topological polar surface area (TPSA) is 20.3 Å². The van der Waals surface area contributed by atoms with Crippen LogP contribution in [0.5, 0.6) is 0 Å². The van der Waals surface area contributed by atoms with E-state index in [4.69, 9.17) is 0 Å². The second kappa shape index (κ2) is 4.58. The van der Waals surface area contributed by atoms with Crippen molar-refractivity contribution >= 4 is 5.78 Å². The molecule has 2 heterocycles. The number of carbonyl (C=O) groups excluding carboxylic acids is 1. The first-order chi connectivity index (χ1) is 9.22. The van der Waals surface area contributed by atoms with Crippen LogP contribution in [0.4, 0.5) is 0 Å². The van der Waals surface area contributed by atoms with Crippen molar-refractivity contribution in [3.05, 3.63) is 0 Å². The Hall–Kier alpha value is -0.370. The third-order valence-corrected chi connectivity index (χ3v) is 6.73. The van der Waals surface area contributed by atoms with Gasteiger partial charge in [0, 0.05) is 31.0 Å². The normalized spacial score (nSPS) is 47.6. The summed E-state index contributed by atoms with van der Waals surface area (Å²) in [6.07, 6.45) is 11.6. The van der Waals surface area contributed by atoms with E-state index in [9.17, 15) is 4.79 Å². The van der Waals surface area contributed by atoms with Gasteiger partial charge in [0.15, 0.2) is 0 Å². The first-order valence-corrected chi connectivity index (χ1v) is 8.51. The minimum Gasteiger partial charge on any atom is -0.300 e. The highest BCUT2D eigenvalue weighted by molar-refractivity contribution is 5.80. The Morgan fingerprint density at radius 2 is 1.79 bits per heavy atom. The lowest BCUT2D eigenvalue weighted by Gasteiger charge is -2.51. The quantitative estimate of drug-likeness (QED) is 0.759. The van der Waals surface area contributed by atoms with Gasteiger partial charge >= 0.3 is 0 Å². The number of ketones is 1. The first-order valence-electron chi connectivity index (χ1n) is 8.51. The highest BCUT2D eigenvalue weighted by Gasteiger charge is 2.47. The summed E-state index contributed by atoms with van der Waals surface area (Å²) in [6.45, 7) is 2.48.